The van der Waals surface area contributed by atoms with E-state index in [-0.39, 0.29) is 11.7 Å². The maximum Gasteiger partial charge on any atom is 0.264 e. The first kappa shape index (κ1) is 19.8. The smallest absolute Gasteiger partial charge is 0.264 e. The van der Waals surface area contributed by atoms with Crippen LogP contribution in [0.4, 0.5) is 0 Å². The fourth-order valence-electron chi connectivity index (χ4n) is 3.86. The summed E-state index contributed by atoms with van der Waals surface area (Å²) >= 11 is 7.49. The molecule has 1 aliphatic heterocycles. The topological polar surface area (TPSA) is 58.4 Å². The highest BCUT2D eigenvalue weighted by Crippen LogP contribution is 2.32. The van der Waals surface area contributed by atoms with Gasteiger partial charge in [-0.05, 0) is 66.9 Å². The maximum absolute atomic E-state index is 13.2. The summed E-state index contributed by atoms with van der Waals surface area (Å²) in [5.41, 5.74) is 4.11. The second kappa shape index (κ2) is 7.87. The van der Waals surface area contributed by atoms with Crippen LogP contribution in [0.3, 0.4) is 0 Å². The Morgan fingerprint density at radius 2 is 1.87 bits per heavy atom. The number of rotatable bonds is 3. The molecule has 5 rings (SSSR count). The van der Waals surface area contributed by atoms with Crippen LogP contribution in [0.25, 0.3) is 21.5 Å². The first-order valence-corrected chi connectivity index (χ1v) is 11.2. The molecule has 2 aromatic heterocycles. The highest BCUT2D eigenvalue weighted by Gasteiger charge is 2.23. The summed E-state index contributed by atoms with van der Waals surface area (Å²) in [7, 11) is 0. The Hall–Kier alpha value is -3.09. The molecule has 1 amide bonds. The fourth-order valence-corrected chi connectivity index (χ4v) is 5.13. The van der Waals surface area contributed by atoms with Gasteiger partial charge in [-0.1, -0.05) is 29.8 Å². The van der Waals surface area contributed by atoms with E-state index in [0.717, 1.165) is 38.5 Å². The summed E-state index contributed by atoms with van der Waals surface area (Å²) in [5, 5.41) is 15.8. The van der Waals surface area contributed by atoms with Crippen LogP contribution in [-0.4, -0.2) is 38.8 Å². The van der Waals surface area contributed by atoms with Crippen molar-refractivity contribution in [3.63, 3.8) is 0 Å². The average Bonchev–Trinajstić information content (AvgIpc) is 3.35. The van der Waals surface area contributed by atoms with Crippen molar-refractivity contribution in [2.45, 2.75) is 13.3 Å². The van der Waals surface area contributed by atoms with Gasteiger partial charge in [0.25, 0.3) is 5.91 Å². The van der Waals surface area contributed by atoms with E-state index >= 15 is 0 Å². The van der Waals surface area contributed by atoms with Gasteiger partial charge in [-0.25, -0.2) is 4.68 Å². The highest BCUT2D eigenvalue weighted by molar-refractivity contribution is 7.20. The van der Waals surface area contributed by atoms with Crippen LogP contribution in [0.1, 0.15) is 27.3 Å². The van der Waals surface area contributed by atoms with E-state index in [0.29, 0.717) is 18.1 Å². The Morgan fingerprint density at radius 3 is 2.55 bits per heavy atom. The van der Waals surface area contributed by atoms with Gasteiger partial charge >= 0.3 is 0 Å². The van der Waals surface area contributed by atoms with Gasteiger partial charge in [0, 0.05) is 23.5 Å². The summed E-state index contributed by atoms with van der Waals surface area (Å²) in [6, 6.07) is 16.7. The summed E-state index contributed by atoms with van der Waals surface area (Å²) in [5.74, 6) is 0.304. The van der Waals surface area contributed by atoms with Gasteiger partial charge in [0.05, 0.1) is 16.3 Å². The third-order valence-corrected chi connectivity index (χ3v) is 6.91. The molecule has 0 bridgehead atoms. The number of aromatic nitrogens is 2. The molecule has 0 saturated heterocycles. The lowest BCUT2D eigenvalue weighted by Crippen LogP contribution is -2.34. The van der Waals surface area contributed by atoms with E-state index in [9.17, 15) is 9.90 Å². The molecular weight excluding hydrogens is 430 g/mol. The number of halogens is 1. The van der Waals surface area contributed by atoms with E-state index in [1.807, 2.05) is 59.0 Å². The van der Waals surface area contributed by atoms with Crippen LogP contribution in [0, 0.1) is 6.92 Å². The summed E-state index contributed by atoms with van der Waals surface area (Å²) in [6.07, 6.45) is 2.89. The molecule has 0 spiro atoms. The minimum absolute atomic E-state index is 0.0456. The molecule has 1 aliphatic rings. The monoisotopic (exact) mass is 449 g/mol. The van der Waals surface area contributed by atoms with Crippen molar-refractivity contribution < 1.29 is 9.90 Å². The molecule has 156 valence electrons. The SMILES string of the molecule is Cc1nn(-c2ccc(Cl)cc2)c2sc(C(=O)N3CC=C(c4ccc(O)cc4)CC3)cc12. The van der Waals surface area contributed by atoms with Crippen LogP contribution in [0.5, 0.6) is 5.75 Å². The van der Waals surface area contributed by atoms with Crippen molar-refractivity contribution in [1.29, 1.82) is 0 Å². The minimum Gasteiger partial charge on any atom is -0.508 e. The molecule has 4 aromatic rings. The van der Waals surface area contributed by atoms with Gasteiger partial charge in [-0.3, -0.25) is 4.79 Å². The van der Waals surface area contributed by atoms with Gasteiger partial charge < -0.3 is 10.0 Å². The molecule has 0 radical (unpaired) electrons. The first-order valence-electron chi connectivity index (χ1n) is 10.0. The maximum atomic E-state index is 13.2. The second-order valence-corrected chi connectivity index (χ2v) is 9.05. The van der Waals surface area contributed by atoms with Gasteiger partial charge in [0.15, 0.2) is 0 Å². The van der Waals surface area contributed by atoms with Crippen LogP contribution >= 0.6 is 22.9 Å². The van der Waals surface area contributed by atoms with Crippen molar-refractivity contribution in [2.24, 2.45) is 0 Å². The van der Waals surface area contributed by atoms with Gasteiger partial charge in [-0.2, -0.15) is 5.10 Å². The Kier molecular flexibility index (Phi) is 5.04. The van der Waals surface area contributed by atoms with Crippen molar-refractivity contribution >= 4 is 44.6 Å². The van der Waals surface area contributed by atoms with E-state index in [4.69, 9.17) is 11.6 Å². The standard InChI is InChI=1S/C24H20ClN3O2S/c1-15-21-14-22(31-24(21)28(26-15)19-6-4-18(25)5-7-19)23(30)27-12-10-17(11-13-27)16-2-8-20(29)9-3-16/h2-10,14,29H,11-13H2,1H3. The van der Waals surface area contributed by atoms with Crippen molar-refractivity contribution in [1.82, 2.24) is 14.7 Å². The third-order valence-electron chi connectivity index (χ3n) is 5.56. The number of nitrogens with zero attached hydrogens (tertiary/aromatic N) is 3. The predicted molar refractivity (Wildman–Crippen MR) is 125 cm³/mol. The molecule has 0 aliphatic carbocycles. The fraction of sp³-hybridized carbons (Fsp3) is 0.167. The van der Waals surface area contributed by atoms with E-state index in [1.54, 1.807) is 12.1 Å². The molecular formula is C24H20ClN3O2S. The van der Waals surface area contributed by atoms with Gasteiger partial charge in [0.2, 0.25) is 0 Å². The first-order chi connectivity index (χ1) is 15.0. The molecule has 3 heterocycles. The summed E-state index contributed by atoms with van der Waals surface area (Å²) in [6.45, 7) is 3.21. The summed E-state index contributed by atoms with van der Waals surface area (Å²) in [4.78, 5) is 16.7. The number of phenolic OH excluding ortho intramolecular Hbond substituents is 1. The second-order valence-electron chi connectivity index (χ2n) is 7.58. The van der Waals surface area contributed by atoms with E-state index in [1.165, 1.54) is 16.9 Å². The zero-order valence-electron chi connectivity index (χ0n) is 16.9. The molecule has 5 nitrogen and oxygen atoms in total. The van der Waals surface area contributed by atoms with Crippen molar-refractivity contribution in [3.8, 4) is 11.4 Å². The molecule has 0 unspecified atom stereocenters. The zero-order valence-corrected chi connectivity index (χ0v) is 18.5. The normalized spacial score (nSPS) is 14.1. The van der Waals surface area contributed by atoms with Crippen molar-refractivity contribution in [2.75, 3.05) is 13.1 Å². The number of hydrogen-bond acceptors (Lipinski definition) is 4. The van der Waals surface area contributed by atoms with Crippen molar-refractivity contribution in [3.05, 3.63) is 81.8 Å². The van der Waals surface area contributed by atoms with Crippen LogP contribution in [0.15, 0.2) is 60.7 Å². The average molecular weight is 450 g/mol. The van der Waals surface area contributed by atoms with Gasteiger partial charge in [-0.15, -0.1) is 11.3 Å². The van der Waals surface area contributed by atoms with E-state index < -0.39 is 0 Å². The minimum atomic E-state index is 0.0456. The number of hydrogen-bond donors (Lipinski definition) is 1. The molecule has 2 aromatic carbocycles. The number of fused-ring (bicyclic) bond motifs is 1. The third kappa shape index (κ3) is 3.73. The van der Waals surface area contributed by atoms with E-state index in [2.05, 4.69) is 11.2 Å². The Bertz CT molecular complexity index is 1300. The van der Waals surface area contributed by atoms with Crippen LogP contribution in [0.2, 0.25) is 5.02 Å². The number of aromatic hydroxyl groups is 1. The molecule has 31 heavy (non-hydrogen) atoms. The number of phenols is 1. The highest BCUT2D eigenvalue weighted by atomic mass is 35.5. The zero-order chi connectivity index (χ0) is 21.5. The molecule has 0 saturated carbocycles. The Labute approximate surface area is 188 Å². The Morgan fingerprint density at radius 1 is 1.13 bits per heavy atom. The molecule has 7 heteroatoms. The molecule has 0 fully saturated rings. The lowest BCUT2D eigenvalue weighted by molar-refractivity contribution is 0.0778. The lowest BCUT2D eigenvalue weighted by atomic mass is 9.99. The van der Waals surface area contributed by atoms with Crippen LogP contribution < -0.4 is 0 Å². The summed E-state index contributed by atoms with van der Waals surface area (Å²) < 4.78 is 1.88. The molecule has 0 atom stereocenters. The van der Waals surface area contributed by atoms with Crippen LogP contribution in [-0.2, 0) is 0 Å². The number of carbonyl (C=O) groups is 1. The Balaban J connectivity index is 1.40. The lowest BCUT2D eigenvalue weighted by Gasteiger charge is -2.26. The number of benzene rings is 2. The number of thiophene rings is 1. The molecule has 1 N–H and O–H groups in total. The quantitative estimate of drug-likeness (QED) is 0.437. The number of amides is 1. The number of aryl methyl sites for hydroxylation is 1. The predicted octanol–water partition coefficient (Wildman–Crippen LogP) is 5.68. The number of carbonyl (C=O) groups excluding carboxylic acids is 1. The largest absolute Gasteiger partial charge is 0.508 e. The van der Waals surface area contributed by atoms with Gasteiger partial charge in [0.1, 0.15) is 10.6 Å².